The zero-order valence-electron chi connectivity index (χ0n) is 25.0. The van der Waals surface area contributed by atoms with Gasteiger partial charge in [0.05, 0.1) is 17.7 Å². The smallest absolute Gasteiger partial charge is 0.366 e. The van der Waals surface area contributed by atoms with E-state index in [4.69, 9.17) is 39.5 Å². The summed E-state index contributed by atoms with van der Waals surface area (Å²) in [6.07, 6.45) is 1.68. The third-order valence-corrected chi connectivity index (χ3v) is 13.3. The van der Waals surface area contributed by atoms with Gasteiger partial charge in [0.25, 0.3) is 0 Å². The van der Waals surface area contributed by atoms with E-state index in [1.807, 2.05) is 6.92 Å². The van der Waals surface area contributed by atoms with E-state index in [9.17, 15) is 43.6 Å². The number of alkyl halides is 3. The summed E-state index contributed by atoms with van der Waals surface area (Å²) in [5, 5.41) is 25.6. The number of benzene rings is 1. The van der Waals surface area contributed by atoms with Crippen molar-refractivity contribution in [3.63, 3.8) is 0 Å². The second-order valence-corrected chi connectivity index (χ2v) is 17.0. The number of aliphatic hydroxyl groups is 1. The fourth-order valence-electron chi connectivity index (χ4n) is 4.03. The summed E-state index contributed by atoms with van der Waals surface area (Å²) in [4.78, 5) is 40.4. The van der Waals surface area contributed by atoms with Gasteiger partial charge in [-0.3, -0.25) is 23.8 Å². The van der Waals surface area contributed by atoms with Gasteiger partial charge < -0.3 is 29.4 Å². The molecule has 0 saturated heterocycles. The molecule has 0 fully saturated rings. The lowest BCUT2D eigenvalue weighted by Crippen LogP contribution is -2.40. The number of rotatable bonds is 24. The summed E-state index contributed by atoms with van der Waals surface area (Å²) in [7, 11) is -11.1. The maximum atomic E-state index is 14.2. The van der Waals surface area contributed by atoms with E-state index < -0.39 is 39.6 Å². The van der Waals surface area contributed by atoms with Crippen molar-refractivity contribution in [2.24, 2.45) is 5.10 Å². The Labute approximate surface area is 278 Å². The number of halogens is 3. The van der Waals surface area contributed by atoms with Gasteiger partial charge in [0, 0.05) is 75.0 Å². The van der Waals surface area contributed by atoms with Crippen LogP contribution in [0.25, 0.3) is 0 Å². The molecule has 260 valence electrons. The lowest BCUT2D eigenvalue weighted by molar-refractivity contribution is -0.385. The molecule has 1 rings (SSSR count). The maximum absolute atomic E-state index is 14.2. The van der Waals surface area contributed by atoms with Crippen LogP contribution in [0.15, 0.2) is 23.3 Å². The fraction of sp³-hybridized carbons (Fsp3) is 0.696. The van der Waals surface area contributed by atoms with Gasteiger partial charge in [-0.1, -0.05) is 6.92 Å². The molecule has 0 aliphatic carbocycles. The van der Waals surface area contributed by atoms with Crippen molar-refractivity contribution >= 4 is 69.9 Å². The summed E-state index contributed by atoms with van der Waals surface area (Å²) in [6.45, 7) is 3.46. The lowest BCUT2D eigenvalue weighted by atomic mass is 10.2. The molecule has 0 aromatic heterocycles. The van der Waals surface area contributed by atoms with Crippen molar-refractivity contribution in [3.8, 4) is 5.75 Å². The van der Waals surface area contributed by atoms with Crippen LogP contribution in [0.5, 0.6) is 5.75 Å². The molecular formula is C23H42Cl3N6O10P3. The molecule has 5 N–H and O–H groups in total. The minimum Gasteiger partial charge on any atom is -0.487 e. The van der Waals surface area contributed by atoms with Crippen molar-refractivity contribution in [1.82, 2.24) is 19.4 Å². The van der Waals surface area contributed by atoms with Crippen LogP contribution in [-0.2, 0) is 13.7 Å². The van der Waals surface area contributed by atoms with Gasteiger partial charge in [0.1, 0.15) is 0 Å². The van der Waals surface area contributed by atoms with Crippen LogP contribution in [0.1, 0.15) is 31.7 Å². The average Bonchev–Trinajstić information content (AvgIpc) is 2.97. The predicted molar refractivity (Wildman–Crippen MR) is 177 cm³/mol. The van der Waals surface area contributed by atoms with Gasteiger partial charge in [-0.05, 0) is 32.0 Å². The molecule has 0 spiro atoms. The summed E-state index contributed by atoms with van der Waals surface area (Å²) in [6, 6.07) is 4.17. The zero-order chi connectivity index (χ0) is 34.3. The summed E-state index contributed by atoms with van der Waals surface area (Å²) < 4.78 is 45.9. The van der Waals surface area contributed by atoms with Gasteiger partial charge in [-0.15, -0.1) is 34.8 Å². The van der Waals surface area contributed by atoms with Crippen LogP contribution in [0.2, 0.25) is 0 Å². The van der Waals surface area contributed by atoms with Crippen molar-refractivity contribution in [2.45, 2.75) is 31.3 Å². The van der Waals surface area contributed by atoms with E-state index in [1.54, 1.807) is 21.3 Å². The van der Waals surface area contributed by atoms with Gasteiger partial charge in [-0.25, -0.2) is 14.5 Å². The first-order chi connectivity index (χ1) is 21.1. The monoisotopic (exact) mass is 760 g/mol. The van der Waals surface area contributed by atoms with Gasteiger partial charge in [0.15, 0.2) is 5.75 Å². The van der Waals surface area contributed by atoms with Gasteiger partial charge in [-0.2, -0.15) is 5.10 Å². The maximum Gasteiger partial charge on any atom is 0.366 e. The molecular weight excluding hydrogens is 720 g/mol. The first kappa shape index (κ1) is 42.2. The molecule has 1 aromatic carbocycles. The zero-order valence-corrected chi connectivity index (χ0v) is 30.1. The lowest BCUT2D eigenvalue weighted by Gasteiger charge is -2.37. The average molecular weight is 762 g/mol. The van der Waals surface area contributed by atoms with Crippen molar-refractivity contribution in [2.75, 3.05) is 70.6 Å². The van der Waals surface area contributed by atoms with Crippen LogP contribution in [0.3, 0.4) is 0 Å². The Morgan fingerprint density at radius 3 is 2.16 bits per heavy atom. The quantitative estimate of drug-likeness (QED) is 0.0253. The van der Waals surface area contributed by atoms with Crippen molar-refractivity contribution in [1.29, 1.82) is 0 Å². The highest BCUT2D eigenvalue weighted by atomic mass is 35.5. The standard InChI is InChI=1S/C23H42Cl3N6O10P3/c1-3-11-30(14-8-24)45(41,31(15-9-25)16-10-26)28-27-19-20-5-6-22(21(18-20)32(34)35)42-17-4-12-29(2)13-7-23(33,43(36)37)44(38,39)40/h5-6,18-19,33,43H,3-4,7-17H2,1-2H3,(H,28,41)(H,36,37)(H2,38,39,40)/b27-19+. The second kappa shape index (κ2) is 20.5. The molecule has 45 heavy (non-hydrogen) atoms. The Balaban J connectivity index is 2.96. The number of nitro groups is 1. The number of ether oxygens (including phenoxy) is 1. The number of nitrogens with one attached hydrogen (secondary N) is 1. The Morgan fingerprint density at radius 1 is 1.09 bits per heavy atom. The highest BCUT2D eigenvalue weighted by Crippen LogP contribution is 2.61. The number of nitro benzene ring substituents is 1. The van der Waals surface area contributed by atoms with Gasteiger partial charge >= 0.3 is 20.9 Å². The predicted octanol–water partition coefficient (Wildman–Crippen LogP) is 3.74. The Hall–Kier alpha value is -0.830. The van der Waals surface area contributed by atoms with Crippen LogP contribution >= 0.6 is 58.0 Å². The number of nitrogens with zero attached hydrogens (tertiary/aromatic N) is 5. The number of hydrogen-bond donors (Lipinski definition) is 5. The van der Waals surface area contributed by atoms with Crippen LogP contribution in [0, 0.1) is 10.1 Å². The largest absolute Gasteiger partial charge is 0.487 e. The van der Waals surface area contributed by atoms with E-state index in [0.29, 0.717) is 31.5 Å². The summed E-state index contributed by atoms with van der Waals surface area (Å²) in [5.41, 5.74) is -0.00918. The van der Waals surface area contributed by atoms with Crippen molar-refractivity contribution in [3.05, 3.63) is 33.9 Å². The molecule has 0 bridgehead atoms. The van der Waals surface area contributed by atoms with E-state index in [-0.39, 0.29) is 61.9 Å². The Kier molecular flexibility index (Phi) is 19.2. The van der Waals surface area contributed by atoms with Crippen LogP contribution < -0.4 is 9.93 Å². The summed E-state index contributed by atoms with van der Waals surface area (Å²) >= 11 is 17.9. The molecule has 0 radical (unpaired) electrons. The molecule has 0 amide bonds. The highest BCUT2D eigenvalue weighted by Gasteiger charge is 2.50. The first-order valence-corrected chi connectivity index (χ1v) is 20.0. The molecule has 22 heteroatoms. The van der Waals surface area contributed by atoms with Crippen LogP contribution in [-0.4, -0.2) is 121 Å². The van der Waals surface area contributed by atoms with E-state index in [0.717, 1.165) is 0 Å². The van der Waals surface area contributed by atoms with E-state index in [2.05, 4.69) is 10.3 Å². The molecule has 0 saturated carbocycles. The molecule has 0 aliphatic rings. The van der Waals surface area contributed by atoms with Crippen LogP contribution in [0.4, 0.5) is 5.69 Å². The third-order valence-electron chi connectivity index (χ3n) is 6.47. The van der Waals surface area contributed by atoms with Crippen molar-refractivity contribution < 1.29 is 43.1 Å². The molecule has 3 unspecified atom stereocenters. The molecule has 0 aliphatic heterocycles. The van der Waals surface area contributed by atoms with Gasteiger partial charge in [0.2, 0.25) is 13.1 Å². The molecule has 1 aromatic rings. The fourth-order valence-corrected chi connectivity index (χ4v) is 9.11. The molecule has 16 nitrogen and oxygen atoms in total. The SMILES string of the molecule is CCCN(CCCl)P(=O)(N/N=C/c1ccc(OCCCN(C)CCC(O)([PH](=O)O)P(=O)(O)O)c([N+](=O)[O-])c1)N(CCCl)CCCl. The first-order valence-electron chi connectivity index (χ1n) is 13.8. The summed E-state index contributed by atoms with van der Waals surface area (Å²) in [5.74, 6) is 0.606. The Morgan fingerprint density at radius 2 is 1.67 bits per heavy atom. The highest BCUT2D eigenvalue weighted by molar-refractivity contribution is 7.66. The minimum atomic E-state index is -5.25. The minimum absolute atomic E-state index is 0.0141. The molecule has 0 heterocycles. The number of hydrogen-bond acceptors (Lipinski definition) is 9. The normalized spacial score (nSPS) is 15.8. The topological polar surface area (TPSA) is 219 Å². The van der Waals surface area contributed by atoms with E-state index >= 15 is 0 Å². The molecule has 3 atom stereocenters. The third kappa shape index (κ3) is 12.9. The Bertz CT molecular complexity index is 1200. The number of hydrazone groups is 1. The second-order valence-electron chi connectivity index (χ2n) is 9.78. The van der Waals surface area contributed by atoms with E-state index in [1.165, 1.54) is 24.4 Å².